The Kier molecular flexibility index (Phi) is 8.02. The first-order valence-electron chi connectivity index (χ1n) is 43.2. The van der Waals surface area contributed by atoms with Crippen molar-refractivity contribution in [1.82, 2.24) is 0 Å². The minimum atomic E-state index is -0.982. The Bertz CT molecular complexity index is 8800. The summed E-state index contributed by atoms with van der Waals surface area (Å²) in [7, 11) is 0. The third kappa shape index (κ3) is 4.64. The maximum Gasteiger partial charge on any atom is 0.209 e. The molecule has 4 heteroatoms. The molecule has 0 amide bonds. The quantitative estimate of drug-likeness (QED) is 0.0266. The highest BCUT2D eigenvalue weighted by atomic mass is 16.7. The largest absolute Gasteiger partial charge is 0.494 e. The summed E-state index contributed by atoms with van der Waals surface area (Å²) in [6, 6.07) is 25.2. The molecule has 0 fully saturated rings. The van der Waals surface area contributed by atoms with Crippen molar-refractivity contribution < 1.29 is 14.3 Å². The van der Waals surface area contributed by atoms with Gasteiger partial charge in [0.05, 0.1) is 13.2 Å². The number of hydrogen-bond donors (Lipinski definition) is 0. The van der Waals surface area contributed by atoms with Crippen LogP contribution in [-0.2, 0) is 15.9 Å². The van der Waals surface area contributed by atoms with Gasteiger partial charge in [-0.05, 0) is 380 Å². The summed E-state index contributed by atoms with van der Waals surface area (Å²) in [5, 5.41) is 91.6. The van der Waals surface area contributed by atoms with Crippen molar-refractivity contribution in [3.63, 3.8) is 0 Å². The second-order valence-electron chi connectivity index (χ2n) is 37.5. The van der Waals surface area contributed by atoms with Crippen LogP contribution in [0.1, 0.15) is 192 Å². The highest BCUT2D eigenvalue weighted by Gasteiger charge is 2.76. The summed E-state index contributed by atoms with van der Waals surface area (Å²) in [4.78, 5) is 8.54. The smallest absolute Gasteiger partial charge is 0.209 e. The average Bonchev–Trinajstić information content (AvgIpc) is 1.38. The van der Waals surface area contributed by atoms with E-state index in [9.17, 15) is 0 Å². The Morgan fingerprint density at radius 2 is 0.459 bits per heavy atom. The molecule has 1 heterocycles. The topological polar surface area (TPSA) is 40.0 Å². The number of hydrogen-bond acceptors (Lipinski definition) is 4. The van der Waals surface area contributed by atoms with Crippen LogP contribution < -0.4 is 9.47 Å². The maximum atomic E-state index is 8.54. The van der Waals surface area contributed by atoms with Gasteiger partial charge in [0.1, 0.15) is 22.6 Å². The molecule has 0 bridgehead atoms. The molecular weight excluding hydrogens is 1350 g/mol. The molecule has 1 aliphatic heterocycles. The van der Waals surface area contributed by atoms with Crippen LogP contribution in [0, 0.1) is 0 Å². The minimum Gasteiger partial charge on any atom is -0.494 e. The highest BCUT2D eigenvalue weighted by molar-refractivity contribution is 6.82. The van der Waals surface area contributed by atoms with Gasteiger partial charge < -0.3 is 14.3 Å². The monoisotopic (exact) mass is 1410 g/mol. The molecule has 0 saturated carbocycles. The van der Waals surface area contributed by atoms with Gasteiger partial charge in [-0.25, -0.2) is 0 Å². The summed E-state index contributed by atoms with van der Waals surface area (Å²) >= 11 is 0. The van der Waals surface area contributed by atoms with E-state index in [-0.39, 0.29) is 0 Å². The van der Waals surface area contributed by atoms with Gasteiger partial charge in [-0.15, -0.1) is 0 Å². The van der Waals surface area contributed by atoms with Crippen molar-refractivity contribution in [1.29, 1.82) is 0 Å². The standard InChI is InChI=1S/C107H65NO3/c1-3-5-7-9-11-13-15-17-19-21-35-109-45-31-27-40(28-32-45)23-25-42-37-43(26-24-41-29-33-46(34-30-41)110-36-22-20-18-16-14-12-10-8-6-4-2)39-44(38-42)105-106-101-93-85-75-65-57-49-47-48-51-55-53(49)61-69-63(55)73-67-59(51)60-52(48)56-54-50(47)58(57)66-72-62(54)70-64(56)74-68(60)78-77(67)89-83(73)91-81(69)87(79(85)71(61)65)95(101)97(91)103-99(89)100-90(78)84(74)92-82(70)88-80(72)86(76(66)75)94(93)102(106)96(88)98(92)104(100)107(103,106)111-108-105/h23-34,37-39H,3-22,35-36H2,1-2H3/b25-23+,26-24+. The summed E-state index contributed by atoms with van der Waals surface area (Å²) in [6.07, 6.45) is 35.8. The number of nitrogens with zero attached hydrogens (tertiary/aromatic N) is 1. The molecule has 111 heavy (non-hydrogen) atoms. The van der Waals surface area contributed by atoms with Crippen molar-refractivity contribution in [3.05, 3.63) is 117 Å². The fourth-order valence-corrected chi connectivity index (χ4v) is 30.5. The molecule has 31 aromatic rings. The van der Waals surface area contributed by atoms with E-state index in [1.807, 2.05) is 0 Å². The Morgan fingerprint density at radius 1 is 0.243 bits per heavy atom. The van der Waals surface area contributed by atoms with Gasteiger partial charge in [-0.3, -0.25) is 0 Å². The van der Waals surface area contributed by atoms with E-state index >= 15 is 0 Å². The molecule has 4 aliphatic carbocycles. The van der Waals surface area contributed by atoms with Crippen molar-refractivity contribution in [2.45, 2.75) is 153 Å². The number of oxime groups is 1. The Hall–Kier alpha value is -11.3. The molecule has 2 spiro atoms. The summed E-state index contributed by atoms with van der Waals surface area (Å²) in [5.74, 6) is 1.90. The molecule has 0 atom stereocenters. The van der Waals surface area contributed by atoms with Crippen LogP contribution in [0.25, 0.3) is 315 Å². The predicted molar refractivity (Wildman–Crippen MR) is 473 cm³/mol. The number of unbranched alkanes of at least 4 members (excludes halogenated alkanes) is 18. The van der Waals surface area contributed by atoms with E-state index in [2.05, 4.69) is 105 Å². The van der Waals surface area contributed by atoms with Gasteiger partial charge in [0, 0.05) is 16.7 Å². The normalized spacial score (nSPS) is 18.6. The van der Waals surface area contributed by atoms with E-state index in [4.69, 9.17) is 19.5 Å². The lowest BCUT2D eigenvalue weighted by Gasteiger charge is -2.47. The first-order valence-corrected chi connectivity index (χ1v) is 43.2. The first-order chi connectivity index (χ1) is 55.2. The van der Waals surface area contributed by atoms with Gasteiger partial charge >= 0.3 is 0 Å². The van der Waals surface area contributed by atoms with E-state index < -0.39 is 11.0 Å². The lowest BCUT2D eigenvalue weighted by Crippen LogP contribution is -2.54. The van der Waals surface area contributed by atoms with Crippen molar-refractivity contribution >= 4 is 321 Å². The zero-order valence-corrected chi connectivity index (χ0v) is 61.9. The van der Waals surface area contributed by atoms with Gasteiger partial charge in [0.2, 0.25) is 5.60 Å². The second kappa shape index (κ2) is 16.4. The number of ether oxygens (including phenoxy) is 2. The van der Waals surface area contributed by atoms with Crippen LogP contribution in [-0.4, -0.2) is 18.9 Å². The van der Waals surface area contributed by atoms with Crippen LogP contribution in [0.5, 0.6) is 11.5 Å². The molecule has 31 aromatic carbocycles. The maximum absolute atomic E-state index is 8.54. The molecule has 4 nitrogen and oxygen atoms in total. The molecule has 36 rings (SSSR count). The van der Waals surface area contributed by atoms with E-state index in [1.54, 1.807) is 248 Å². The number of benzene rings is 21. The van der Waals surface area contributed by atoms with E-state index in [0.29, 0.717) is 0 Å². The van der Waals surface area contributed by atoms with Gasteiger partial charge in [0.25, 0.3) is 0 Å². The first kappa shape index (κ1) is 54.3. The zero-order chi connectivity index (χ0) is 70.1. The van der Waals surface area contributed by atoms with E-state index in [1.165, 1.54) is 181 Å². The fourth-order valence-electron chi connectivity index (χ4n) is 30.5. The van der Waals surface area contributed by atoms with Gasteiger partial charge in [0.15, 0.2) is 0 Å². The van der Waals surface area contributed by atoms with Crippen LogP contribution in [0.4, 0.5) is 0 Å². The van der Waals surface area contributed by atoms with Crippen molar-refractivity contribution in [2.75, 3.05) is 13.2 Å². The molecule has 0 aromatic heterocycles. The second-order valence-corrected chi connectivity index (χ2v) is 37.5. The molecular formula is C107H65NO3. The lowest BCUT2D eigenvalue weighted by atomic mass is 9.52. The number of rotatable bonds is 29. The Balaban J connectivity index is 0.611. The van der Waals surface area contributed by atoms with Crippen LogP contribution in [0.15, 0.2) is 71.9 Å². The molecule has 0 N–H and O–H groups in total. The van der Waals surface area contributed by atoms with Crippen LogP contribution in [0.2, 0.25) is 0 Å². The minimum absolute atomic E-state index is 0.762. The third-order valence-electron chi connectivity index (χ3n) is 33.3. The molecule has 5 aliphatic rings. The van der Waals surface area contributed by atoms with Crippen molar-refractivity contribution in [2.24, 2.45) is 5.16 Å². The molecule has 0 unspecified atom stereocenters. The third-order valence-corrected chi connectivity index (χ3v) is 33.3. The summed E-state index contributed by atoms with van der Waals surface area (Å²) in [6.45, 7) is 6.14. The predicted octanol–water partition coefficient (Wildman–Crippen LogP) is 30.6. The average molecular weight is 1410 g/mol. The van der Waals surface area contributed by atoms with Crippen LogP contribution in [0.3, 0.4) is 0 Å². The fraction of sp³-hybridized carbons (Fsp3) is 0.243. The van der Waals surface area contributed by atoms with E-state index in [0.717, 1.165) is 71.1 Å². The molecule has 516 valence electrons. The highest BCUT2D eigenvalue weighted by Crippen LogP contribution is 2.86. The van der Waals surface area contributed by atoms with Crippen molar-refractivity contribution in [3.8, 4) is 11.5 Å². The molecule has 0 radical (unpaired) electrons. The van der Waals surface area contributed by atoms with Crippen LogP contribution >= 0.6 is 0 Å². The van der Waals surface area contributed by atoms with Gasteiger partial charge in [-0.2, -0.15) is 0 Å². The zero-order valence-electron chi connectivity index (χ0n) is 61.9. The van der Waals surface area contributed by atoms with Gasteiger partial charge in [-0.1, -0.05) is 183 Å². The lowest BCUT2D eigenvalue weighted by molar-refractivity contribution is -0.0122. The summed E-state index contributed by atoms with van der Waals surface area (Å²) in [5.41, 5.74) is 11.0. The summed E-state index contributed by atoms with van der Waals surface area (Å²) < 4.78 is 12.9. The molecule has 0 saturated heterocycles. The Labute approximate surface area is 631 Å². The SMILES string of the molecule is CCCCCCCCCCCCOc1ccc(/C=C/c2cc(/C=C/c3ccc(OCCCCCCCCCCCC)cc3)cc(C3=NOC45c6c7c8c9c%10c%11c(c%12c%13c4c4c6c6c%14c7c7c8c8c%10c%10c%15c%11c%11c%12c%12c%13c%13c4c4c6c6c%14c%14c7c7c8c%10c8c%10c%15c%11c%11c%12c%12c%13c4c4c6c6c%14c7c8c7c%10c%11c%12c4c67)C395)c2)cc1. The Morgan fingerprint density at radius 3 is 0.712 bits per heavy atom.